The van der Waals surface area contributed by atoms with Crippen molar-refractivity contribution in [3.63, 3.8) is 0 Å². The molecule has 0 aliphatic heterocycles. The van der Waals surface area contributed by atoms with Gasteiger partial charge < -0.3 is 15.6 Å². The van der Waals surface area contributed by atoms with E-state index in [4.69, 9.17) is 10.5 Å². The quantitative estimate of drug-likeness (QED) is 0.522. The van der Waals surface area contributed by atoms with Crippen LogP contribution in [0.4, 0.5) is 0 Å². The second-order valence-corrected chi connectivity index (χ2v) is 6.46. The van der Waals surface area contributed by atoms with Gasteiger partial charge in [0, 0.05) is 30.5 Å². The summed E-state index contributed by atoms with van der Waals surface area (Å²) < 4.78 is 5.68. The summed E-state index contributed by atoms with van der Waals surface area (Å²) >= 11 is 0. The third-order valence-corrected chi connectivity index (χ3v) is 4.47. The SMILES string of the molecule is Cl.NCc1cc(OCc2cccc(C(=O)C[C@@H](CO)c3ccccc3)c2)ncn1. The van der Waals surface area contributed by atoms with Crippen molar-refractivity contribution in [1.82, 2.24) is 9.97 Å². The summed E-state index contributed by atoms with van der Waals surface area (Å²) in [6, 6.07) is 18.6. The molecule has 6 nitrogen and oxygen atoms in total. The maximum Gasteiger partial charge on any atom is 0.216 e. The van der Waals surface area contributed by atoms with Crippen molar-refractivity contribution in [3.8, 4) is 5.88 Å². The number of aromatic nitrogens is 2. The molecular weight excluding hydrogens is 390 g/mol. The highest BCUT2D eigenvalue weighted by Crippen LogP contribution is 2.22. The van der Waals surface area contributed by atoms with Crippen molar-refractivity contribution in [2.45, 2.75) is 25.5 Å². The molecule has 3 rings (SSSR count). The smallest absolute Gasteiger partial charge is 0.216 e. The molecule has 3 N–H and O–H groups in total. The third kappa shape index (κ3) is 6.35. The highest BCUT2D eigenvalue weighted by Gasteiger charge is 2.16. The second-order valence-electron chi connectivity index (χ2n) is 6.46. The van der Waals surface area contributed by atoms with Gasteiger partial charge in [-0.2, -0.15) is 0 Å². The molecule has 0 unspecified atom stereocenters. The zero-order valence-corrected chi connectivity index (χ0v) is 16.7. The highest BCUT2D eigenvalue weighted by atomic mass is 35.5. The van der Waals surface area contributed by atoms with Crippen LogP contribution in [0.5, 0.6) is 5.88 Å². The van der Waals surface area contributed by atoms with Crippen LogP contribution in [0.2, 0.25) is 0 Å². The fourth-order valence-corrected chi connectivity index (χ4v) is 2.91. The molecule has 1 aromatic heterocycles. The lowest BCUT2D eigenvalue weighted by atomic mass is 9.92. The fraction of sp³-hybridized carbons (Fsp3) is 0.227. The number of nitrogens with zero attached hydrogens (tertiary/aromatic N) is 2. The molecule has 0 saturated carbocycles. The molecule has 0 spiro atoms. The van der Waals surface area contributed by atoms with Crippen molar-refractivity contribution in [2.75, 3.05) is 6.61 Å². The molecule has 7 heteroatoms. The van der Waals surface area contributed by atoms with E-state index >= 15 is 0 Å². The minimum Gasteiger partial charge on any atom is -0.473 e. The number of hydrogen-bond acceptors (Lipinski definition) is 6. The number of ether oxygens (including phenoxy) is 1. The van der Waals surface area contributed by atoms with Crippen molar-refractivity contribution >= 4 is 18.2 Å². The van der Waals surface area contributed by atoms with Crippen molar-refractivity contribution in [2.24, 2.45) is 5.73 Å². The summed E-state index contributed by atoms with van der Waals surface area (Å²) in [7, 11) is 0. The largest absolute Gasteiger partial charge is 0.473 e. The van der Waals surface area contributed by atoms with E-state index in [9.17, 15) is 9.90 Å². The van der Waals surface area contributed by atoms with E-state index in [0.29, 0.717) is 23.7 Å². The van der Waals surface area contributed by atoms with Crippen LogP contribution in [-0.4, -0.2) is 27.5 Å². The number of nitrogens with two attached hydrogens (primary N) is 1. The first kappa shape index (κ1) is 22.5. The van der Waals surface area contributed by atoms with Gasteiger partial charge in [-0.15, -0.1) is 12.4 Å². The van der Waals surface area contributed by atoms with Gasteiger partial charge in [0.15, 0.2) is 5.78 Å². The van der Waals surface area contributed by atoms with Gasteiger partial charge in [0.2, 0.25) is 5.88 Å². The highest BCUT2D eigenvalue weighted by molar-refractivity contribution is 5.96. The maximum absolute atomic E-state index is 12.7. The summed E-state index contributed by atoms with van der Waals surface area (Å²) in [5.41, 5.74) is 8.68. The van der Waals surface area contributed by atoms with Gasteiger partial charge in [-0.05, 0) is 17.2 Å². The van der Waals surface area contributed by atoms with E-state index in [1.54, 1.807) is 12.1 Å². The first-order valence-corrected chi connectivity index (χ1v) is 9.11. The lowest BCUT2D eigenvalue weighted by molar-refractivity contribution is 0.0960. The van der Waals surface area contributed by atoms with Gasteiger partial charge in [-0.25, -0.2) is 9.97 Å². The van der Waals surface area contributed by atoms with Gasteiger partial charge in [-0.1, -0.05) is 48.5 Å². The number of aliphatic hydroxyl groups is 1. The third-order valence-electron chi connectivity index (χ3n) is 4.47. The van der Waals surface area contributed by atoms with Gasteiger partial charge in [0.25, 0.3) is 0 Å². The predicted octanol–water partition coefficient (Wildman–Crippen LogP) is 3.29. The molecule has 0 fully saturated rings. The van der Waals surface area contributed by atoms with Crippen molar-refractivity contribution < 1.29 is 14.6 Å². The average Bonchev–Trinajstić information content (AvgIpc) is 2.76. The Kier molecular flexibility index (Phi) is 8.73. The van der Waals surface area contributed by atoms with Crippen LogP contribution < -0.4 is 10.5 Å². The normalized spacial score (nSPS) is 11.4. The van der Waals surface area contributed by atoms with E-state index in [2.05, 4.69) is 9.97 Å². The summed E-state index contributed by atoms with van der Waals surface area (Å²) in [6.07, 6.45) is 1.66. The lowest BCUT2D eigenvalue weighted by Gasteiger charge is -2.14. The first-order valence-electron chi connectivity index (χ1n) is 9.11. The van der Waals surface area contributed by atoms with Gasteiger partial charge >= 0.3 is 0 Å². The molecule has 0 radical (unpaired) electrons. The van der Waals surface area contributed by atoms with Crippen LogP contribution in [0.15, 0.2) is 67.0 Å². The monoisotopic (exact) mass is 413 g/mol. The molecule has 0 aliphatic rings. The van der Waals surface area contributed by atoms with E-state index < -0.39 is 0 Å². The maximum atomic E-state index is 12.7. The van der Waals surface area contributed by atoms with Crippen LogP contribution >= 0.6 is 12.4 Å². The number of aliphatic hydroxyl groups excluding tert-OH is 1. The standard InChI is InChI=1S/C22H23N3O3.ClH/c23-12-20-11-22(25-15-24-20)28-14-16-5-4-8-18(9-16)21(27)10-19(13-26)17-6-2-1-3-7-17;/h1-9,11,15,19,26H,10,12-14,23H2;1H/t19-;/m0./s1. The zero-order chi connectivity index (χ0) is 19.8. The van der Waals surface area contributed by atoms with Crippen LogP contribution in [0.25, 0.3) is 0 Å². The van der Waals surface area contributed by atoms with Gasteiger partial charge in [0.1, 0.15) is 12.9 Å². The molecule has 29 heavy (non-hydrogen) atoms. The number of carbonyl (C=O) groups excluding carboxylic acids is 1. The molecule has 0 amide bonds. The number of benzene rings is 2. The van der Waals surface area contributed by atoms with Crippen LogP contribution in [-0.2, 0) is 13.2 Å². The van der Waals surface area contributed by atoms with E-state index in [-0.39, 0.29) is 43.7 Å². The Hall–Kier alpha value is -2.80. The topological polar surface area (TPSA) is 98.3 Å². The molecule has 1 heterocycles. The van der Waals surface area contributed by atoms with Crippen LogP contribution in [0.3, 0.4) is 0 Å². The number of hydrogen-bond donors (Lipinski definition) is 2. The van der Waals surface area contributed by atoms with E-state index in [1.165, 1.54) is 6.33 Å². The Balaban J connectivity index is 0.00000300. The summed E-state index contributed by atoms with van der Waals surface area (Å²) in [4.78, 5) is 20.8. The number of Topliss-reactive ketones (excluding diaryl/α,β-unsaturated/α-hetero) is 1. The van der Waals surface area contributed by atoms with Gasteiger partial charge in [0.05, 0.1) is 12.3 Å². The first-order chi connectivity index (χ1) is 13.7. The molecular formula is C22H24ClN3O3. The van der Waals surface area contributed by atoms with Crippen molar-refractivity contribution in [1.29, 1.82) is 0 Å². The van der Waals surface area contributed by atoms with E-state index in [0.717, 1.165) is 11.1 Å². The Morgan fingerprint density at radius 3 is 2.59 bits per heavy atom. The number of halogens is 1. The Bertz CT molecular complexity index is 922. The minimum absolute atomic E-state index is 0. The molecule has 1 atom stereocenters. The van der Waals surface area contributed by atoms with Crippen molar-refractivity contribution in [3.05, 3.63) is 89.4 Å². The molecule has 152 valence electrons. The molecule has 3 aromatic rings. The minimum atomic E-state index is -0.218. The summed E-state index contributed by atoms with van der Waals surface area (Å²) in [5.74, 6) is 0.207. The second kappa shape index (κ2) is 11.3. The number of ketones is 1. The predicted molar refractivity (Wildman–Crippen MR) is 113 cm³/mol. The molecule has 0 bridgehead atoms. The number of rotatable bonds is 9. The summed E-state index contributed by atoms with van der Waals surface area (Å²) in [5, 5.41) is 9.69. The molecule has 2 aromatic carbocycles. The van der Waals surface area contributed by atoms with Gasteiger partial charge in [-0.3, -0.25) is 4.79 Å². The van der Waals surface area contributed by atoms with Crippen LogP contribution in [0.1, 0.15) is 39.5 Å². The zero-order valence-electron chi connectivity index (χ0n) is 15.9. The molecule has 0 aliphatic carbocycles. The fourth-order valence-electron chi connectivity index (χ4n) is 2.91. The van der Waals surface area contributed by atoms with E-state index in [1.807, 2.05) is 48.5 Å². The summed E-state index contributed by atoms with van der Waals surface area (Å²) in [6.45, 7) is 0.524. The lowest BCUT2D eigenvalue weighted by Crippen LogP contribution is -2.11. The van der Waals surface area contributed by atoms with Crippen LogP contribution in [0, 0.1) is 0 Å². The molecule has 0 saturated heterocycles. The average molecular weight is 414 g/mol. The Morgan fingerprint density at radius 2 is 1.86 bits per heavy atom. The Morgan fingerprint density at radius 1 is 1.07 bits per heavy atom. The Labute approximate surface area is 176 Å². The number of carbonyl (C=O) groups is 1.